The first-order valence-electron chi connectivity index (χ1n) is 5.54. The maximum Gasteiger partial charge on any atom is 0.325 e. The monoisotopic (exact) mass is 234 g/mol. The van der Waals surface area contributed by atoms with E-state index in [1.54, 1.807) is 0 Å². The standard InChI is InChI=1S/C12H18N4O/c1-3-4-9-7-8(2)5-6-10(9)15-12(17)16-11(13)14/h5-7H,3-4H2,1-2H3,(H5,13,14,15,16,17). The van der Waals surface area contributed by atoms with E-state index < -0.39 is 6.03 Å². The van der Waals surface area contributed by atoms with Gasteiger partial charge in [0, 0.05) is 5.69 Å². The normalized spacial score (nSPS) is 9.76. The smallest absolute Gasteiger partial charge is 0.325 e. The summed E-state index contributed by atoms with van der Waals surface area (Å²) in [6.07, 6.45) is 1.91. The van der Waals surface area contributed by atoms with Gasteiger partial charge in [0.05, 0.1) is 0 Å². The van der Waals surface area contributed by atoms with Crippen LogP contribution in [0.5, 0.6) is 0 Å². The molecule has 0 aliphatic carbocycles. The molecule has 0 bridgehead atoms. The van der Waals surface area contributed by atoms with Gasteiger partial charge < -0.3 is 11.1 Å². The van der Waals surface area contributed by atoms with Crippen LogP contribution in [0.1, 0.15) is 24.5 Å². The van der Waals surface area contributed by atoms with E-state index in [2.05, 4.69) is 17.6 Å². The van der Waals surface area contributed by atoms with Gasteiger partial charge in [-0.1, -0.05) is 31.0 Å². The van der Waals surface area contributed by atoms with E-state index in [4.69, 9.17) is 11.1 Å². The van der Waals surface area contributed by atoms with Crippen LogP contribution in [-0.4, -0.2) is 12.0 Å². The topological polar surface area (TPSA) is 91.0 Å². The van der Waals surface area contributed by atoms with E-state index in [0.29, 0.717) is 0 Å². The summed E-state index contributed by atoms with van der Waals surface area (Å²) in [5.41, 5.74) is 8.09. The molecule has 0 saturated heterocycles. The van der Waals surface area contributed by atoms with Gasteiger partial charge >= 0.3 is 6.03 Å². The van der Waals surface area contributed by atoms with E-state index in [-0.39, 0.29) is 5.96 Å². The van der Waals surface area contributed by atoms with Crippen molar-refractivity contribution in [3.05, 3.63) is 29.3 Å². The first kappa shape index (κ1) is 13.0. The van der Waals surface area contributed by atoms with Gasteiger partial charge in [0.2, 0.25) is 0 Å². The number of anilines is 1. The lowest BCUT2D eigenvalue weighted by molar-refractivity contribution is 0.256. The molecule has 1 rings (SSSR count). The Morgan fingerprint density at radius 3 is 2.76 bits per heavy atom. The average Bonchev–Trinajstić information content (AvgIpc) is 2.21. The van der Waals surface area contributed by atoms with Crippen molar-refractivity contribution >= 4 is 17.7 Å². The maximum atomic E-state index is 11.4. The third kappa shape index (κ3) is 4.14. The minimum absolute atomic E-state index is 0.369. The Balaban J connectivity index is 2.82. The van der Waals surface area contributed by atoms with Crippen molar-refractivity contribution < 1.29 is 4.79 Å². The number of amides is 2. The lowest BCUT2D eigenvalue weighted by Gasteiger charge is -2.11. The number of nitrogens with two attached hydrogens (primary N) is 1. The van der Waals surface area contributed by atoms with E-state index in [1.807, 2.05) is 25.1 Å². The van der Waals surface area contributed by atoms with E-state index in [0.717, 1.165) is 29.7 Å². The summed E-state index contributed by atoms with van der Waals surface area (Å²) < 4.78 is 0. The number of urea groups is 1. The third-order valence-corrected chi connectivity index (χ3v) is 2.28. The lowest BCUT2D eigenvalue weighted by atomic mass is 10.1. The maximum absolute atomic E-state index is 11.4. The Labute approximate surface area is 101 Å². The van der Waals surface area contributed by atoms with E-state index >= 15 is 0 Å². The lowest BCUT2D eigenvalue weighted by Crippen LogP contribution is -2.38. The van der Waals surface area contributed by atoms with Gasteiger partial charge in [-0.25, -0.2) is 4.79 Å². The highest BCUT2D eigenvalue weighted by Crippen LogP contribution is 2.18. The molecule has 5 N–H and O–H groups in total. The van der Waals surface area contributed by atoms with Crippen LogP contribution in [0.2, 0.25) is 0 Å². The minimum atomic E-state index is -0.487. The highest BCUT2D eigenvalue weighted by molar-refractivity contribution is 6.01. The molecule has 0 spiro atoms. The minimum Gasteiger partial charge on any atom is -0.370 e. The summed E-state index contributed by atoms with van der Waals surface area (Å²) in [6, 6.07) is 5.36. The molecule has 0 aliphatic rings. The molecule has 0 aromatic heterocycles. The quantitative estimate of drug-likeness (QED) is 0.475. The second-order valence-electron chi connectivity index (χ2n) is 3.90. The molecule has 0 unspecified atom stereocenters. The summed E-state index contributed by atoms with van der Waals surface area (Å²) in [5.74, 6) is -0.369. The molecule has 5 nitrogen and oxygen atoms in total. The molecule has 0 atom stereocenters. The van der Waals surface area contributed by atoms with Gasteiger partial charge in [-0.2, -0.15) is 0 Å². The van der Waals surface area contributed by atoms with Crippen LogP contribution in [0.25, 0.3) is 0 Å². The van der Waals surface area contributed by atoms with Gasteiger partial charge in [-0.3, -0.25) is 10.7 Å². The molecule has 92 valence electrons. The Morgan fingerprint density at radius 1 is 1.47 bits per heavy atom. The summed E-state index contributed by atoms with van der Waals surface area (Å²) in [6.45, 7) is 4.10. The Morgan fingerprint density at radius 2 is 2.18 bits per heavy atom. The highest BCUT2D eigenvalue weighted by Gasteiger charge is 2.06. The summed E-state index contributed by atoms with van der Waals surface area (Å²) >= 11 is 0. The van der Waals surface area contributed by atoms with E-state index in [9.17, 15) is 4.79 Å². The number of carbonyl (C=O) groups is 1. The van der Waals surface area contributed by atoms with Crippen molar-refractivity contribution in [3.63, 3.8) is 0 Å². The highest BCUT2D eigenvalue weighted by atomic mass is 16.2. The number of guanidine groups is 1. The van der Waals surface area contributed by atoms with Crippen molar-refractivity contribution in [2.45, 2.75) is 26.7 Å². The molecule has 0 heterocycles. The Kier molecular flexibility index (Phi) is 4.51. The average molecular weight is 234 g/mol. The zero-order valence-electron chi connectivity index (χ0n) is 10.1. The van der Waals surface area contributed by atoms with Crippen molar-refractivity contribution in [3.8, 4) is 0 Å². The molecule has 1 aromatic rings. The van der Waals surface area contributed by atoms with Crippen molar-refractivity contribution in [2.24, 2.45) is 5.73 Å². The van der Waals surface area contributed by atoms with Crippen LogP contribution in [0, 0.1) is 12.3 Å². The molecule has 5 heteroatoms. The molecule has 17 heavy (non-hydrogen) atoms. The molecular weight excluding hydrogens is 216 g/mol. The molecule has 2 amide bonds. The SMILES string of the molecule is CCCc1cc(C)ccc1NC(=O)NC(=N)N. The van der Waals surface area contributed by atoms with Gasteiger partial charge in [0.15, 0.2) is 5.96 Å². The fourth-order valence-corrected chi connectivity index (χ4v) is 1.60. The Hall–Kier alpha value is -2.04. The summed E-state index contributed by atoms with van der Waals surface area (Å²) in [7, 11) is 0. The molecule has 0 fully saturated rings. The van der Waals surface area contributed by atoms with Crippen LogP contribution >= 0.6 is 0 Å². The second kappa shape index (κ2) is 5.89. The van der Waals surface area contributed by atoms with Crippen LogP contribution in [0.3, 0.4) is 0 Å². The number of nitrogens with one attached hydrogen (secondary N) is 3. The molecule has 0 aliphatic heterocycles. The van der Waals surface area contributed by atoms with Gasteiger partial charge in [-0.15, -0.1) is 0 Å². The molecule has 0 saturated carbocycles. The first-order valence-corrected chi connectivity index (χ1v) is 5.54. The first-order chi connectivity index (χ1) is 8.02. The van der Waals surface area contributed by atoms with Gasteiger partial charge in [-0.05, 0) is 25.0 Å². The van der Waals surface area contributed by atoms with E-state index in [1.165, 1.54) is 0 Å². The number of aryl methyl sites for hydroxylation is 2. The zero-order chi connectivity index (χ0) is 12.8. The zero-order valence-corrected chi connectivity index (χ0v) is 10.1. The molecule has 0 radical (unpaired) electrons. The number of benzene rings is 1. The van der Waals surface area contributed by atoms with Crippen LogP contribution in [-0.2, 0) is 6.42 Å². The molecular formula is C12H18N4O. The van der Waals surface area contributed by atoms with Crippen LogP contribution < -0.4 is 16.4 Å². The number of rotatable bonds is 3. The van der Waals surface area contributed by atoms with Gasteiger partial charge in [0.1, 0.15) is 0 Å². The van der Waals surface area contributed by atoms with Crippen LogP contribution in [0.15, 0.2) is 18.2 Å². The third-order valence-electron chi connectivity index (χ3n) is 2.28. The Bertz CT molecular complexity index is 429. The van der Waals surface area contributed by atoms with Gasteiger partial charge in [0.25, 0.3) is 0 Å². The number of hydrogen-bond donors (Lipinski definition) is 4. The fourth-order valence-electron chi connectivity index (χ4n) is 1.60. The molecule has 1 aromatic carbocycles. The van der Waals surface area contributed by atoms with Crippen molar-refractivity contribution in [2.75, 3.05) is 5.32 Å². The predicted octanol–water partition coefficient (Wildman–Crippen LogP) is 1.96. The largest absolute Gasteiger partial charge is 0.370 e. The number of hydrogen-bond acceptors (Lipinski definition) is 2. The van der Waals surface area contributed by atoms with Crippen molar-refractivity contribution in [1.82, 2.24) is 5.32 Å². The van der Waals surface area contributed by atoms with Crippen LogP contribution in [0.4, 0.5) is 10.5 Å². The fraction of sp³-hybridized carbons (Fsp3) is 0.333. The summed E-state index contributed by atoms with van der Waals surface area (Å²) in [5, 5.41) is 11.8. The van der Waals surface area contributed by atoms with Crippen molar-refractivity contribution in [1.29, 1.82) is 5.41 Å². The summed E-state index contributed by atoms with van der Waals surface area (Å²) in [4.78, 5) is 11.4. The second-order valence-corrected chi connectivity index (χ2v) is 3.90. The predicted molar refractivity (Wildman–Crippen MR) is 69.2 cm³/mol. The number of carbonyl (C=O) groups excluding carboxylic acids is 1.